The molecule has 0 saturated heterocycles. The largest absolute Gasteiger partial charge is 0.493 e. The Kier molecular flexibility index (Phi) is 7.46. The number of para-hydroxylation sites is 2. The number of aromatic amines is 1. The van der Waals surface area contributed by atoms with Gasteiger partial charge < -0.3 is 24.5 Å². The lowest BCUT2D eigenvalue weighted by Gasteiger charge is -2.17. The average molecular weight is 430 g/mol. The zero-order valence-electron chi connectivity index (χ0n) is 17.7. The van der Waals surface area contributed by atoms with Gasteiger partial charge in [0.25, 0.3) is 0 Å². The van der Waals surface area contributed by atoms with Crippen LogP contribution in [0.4, 0.5) is 0 Å². The maximum absolute atomic E-state index is 12.9. The summed E-state index contributed by atoms with van der Waals surface area (Å²) < 4.78 is 16.1. The van der Waals surface area contributed by atoms with Crippen molar-refractivity contribution < 1.29 is 19.0 Å². The summed E-state index contributed by atoms with van der Waals surface area (Å²) in [5.41, 5.74) is 2.62. The Morgan fingerprint density at radius 1 is 1.13 bits per heavy atom. The van der Waals surface area contributed by atoms with Gasteiger partial charge in [-0.05, 0) is 48.3 Å². The lowest BCUT2D eigenvalue weighted by molar-refractivity contribution is -0.121. The van der Waals surface area contributed by atoms with Gasteiger partial charge in [-0.25, -0.2) is 4.98 Å². The van der Waals surface area contributed by atoms with Gasteiger partial charge in [0.1, 0.15) is 5.82 Å². The number of nitrogens with zero attached hydrogens (tertiary/aromatic N) is 1. The van der Waals surface area contributed by atoms with Gasteiger partial charge in [-0.1, -0.05) is 12.1 Å². The third-order valence-electron chi connectivity index (χ3n) is 4.77. The second-order valence-electron chi connectivity index (χ2n) is 6.75. The van der Waals surface area contributed by atoms with E-state index in [1.165, 1.54) is 0 Å². The first-order valence-corrected chi connectivity index (χ1v) is 11.0. The highest BCUT2D eigenvalue weighted by molar-refractivity contribution is 7.98. The van der Waals surface area contributed by atoms with Crippen molar-refractivity contribution in [3.63, 3.8) is 0 Å². The van der Waals surface area contributed by atoms with Gasteiger partial charge in [0.15, 0.2) is 11.5 Å². The molecule has 7 nitrogen and oxygen atoms in total. The number of benzene rings is 2. The average Bonchev–Trinajstić information content (AvgIpc) is 3.20. The molecule has 0 spiro atoms. The van der Waals surface area contributed by atoms with E-state index in [0.29, 0.717) is 17.2 Å². The number of rotatable bonds is 10. The quantitative estimate of drug-likeness (QED) is 0.511. The molecule has 160 valence electrons. The number of methoxy groups -OCH3 is 3. The first kappa shape index (κ1) is 21.8. The van der Waals surface area contributed by atoms with E-state index in [1.807, 2.05) is 30.5 Å². The van der Waals surface area contributed by atoms with Gasteiger partial charge in [-0.15, -0.1) is 0 Å². The molecule has 8 heteroatoms. The number of hydrogen-bond donors (Lipinski definition) is 2. The lowest BCUT2D eigenvalue weighted by atomic mass is 10.1. The van der Waals surface area contributed by atoms with Crippen molar-refractivity contribution in [3.05, 3.63) is 47.8 Å². The van der Waals surface area contributed by atoms with Crippen LogP contribution in [0.3, 0.4) is 0 Å². The maximum Gasteiger partial charge on any atom is 0.225 e. The summed E-state index contributed by atoms with van der Waals surface area (Å²) in [7, 11) is 4.67. The third kappa shape index (κ3) is 4.99. The first-order valence-electron chi connectivity index (χ1n) is 9.61. The molecular weight excluding hydrogens is 402 g/mol. The highest BCUT2D eigenvalue weighted by atomic mass is 32.2. The molecule has 1 aromatic heterocycles. The van der Waals surface area contributed by atoms with E-state index in [-0.39, 0.29) is 18.4 Å². The van der Waals surface area contributed by atoms with Crippen molar-refractivity contribution in [2.75, 3.05) is 33.3 Å². The Morgan fingerprint density at radius 3 is 2.43 bits per heavy atom. The number of fused-ring (bicyclic) bond motifs is 1. The second-order valence-corrected chi connectivity index (χ2v) is 7.74. The number of H-pyrrole nitrogens is 1. The van der Waals surface area contributed by atoms with Crippen molar-refractivity contribution in [2.24, 2.45) is 0 Å². The molecule has 1 amide bonds. The van der Waals surface area contributed by atoms with Gasteiger partial charge >= 0.3 is 0 Å². The molecule has 3 rings (SSSR count). The second kappa shape index (κ2) is 10.2. The molecule has 2 aromatic carbocycles. The predicted octanol–water partition coefficient (Wildman–Crippen LogP) is 3.74. The van der Waals surface area contributed by atoms with Crippen LogP contribution in [-0.2, 0) is 11.2 Å². The molecule has 1 atom stereocenters. The minimum Gasteiger partial charge on any atom is -0.493 e. The Morgan fingerprint density at radius 2 is 1.83 bits per heavy atom. The fraction of sp³-hybridized carbons (Fsp3) is 0.364. The summed E-state index contributed by atoms with van der Waals surface area (Å²) in [6, 6.07) is 11.2. The number of hydrogen-bond acceptors (Lipinski definition) is 6. The summed E-state index contributed by atoms with van der Waals surface area (Å²) >= 11 is 1.74. The molecule has 3 aromatic rings. The molecule has 2 N–H and O–H groups in total. The normalized spacial score (nSPS) is 11.9. The standard InChI is InChI=1S/C22H27N3O4S/c1-27-18-11-14(12-19(28-2)21(18)29-3)13-20(26)23-17(9-10-30-4)22-24-15-7-5-6-8-16(15)25-22/h5-8,11-12,17H,9-10,13H2,1-4H3,(H,23,26)(H,24,25)/t17-/m1/s1. The maximum atomic E-state index is 12.9. The topological polar surface area (TPSA) is 85.5 Å². The molecule has 0 aliphatic carbocycles. The third-order valence-corrected chi connectivity index (χ3v) is 5.42. The molecule has 0 aliphatic heterocycles. The van der Waals surface area contributed by atoms with E-state index in [0.717, 1.165) is 34.6 Å². The van der Waals surface area contributed by atoms with Crippen molar-refractivity contribution in [2.45, 2.75) is 18.9 Å². The zero-order valence-corrected chi connectivity index (χ0v) is 18.5. The molecule has 0 radical (unpaired) electrons. The van der Waals surface area contributed by atoms with E-state index in [9.17, 15) is 4.79 Å². The van der Waals surface area contributed by atoms with E-state index in [2.05, 4.69) is 15.3 Å². The predicted molar refractivity (Wildman–Crippen MR) is 120 cm³/mol. The number of thioether (sulfide) groups is 1. The number of nitrogens with one attached hydrogen (secondary N) is 2. The molecule has 0 unspecified atom stereocenters. The van der Waals surface area contributed by atoms with Crippen LogP contribution in [0.2, 0.25) is 0 Å². The smallest absolute Gasteiger partial charge is 0.225 e. The van der Waals surface area contributed by atoms with Crippen LogP contribution in [0.25, 0.3) is 11.0 Å². The molecule has 1 heterocycles. The minimum absolute atomic E-state index is 0.101. The molecule has 0 bridgehead atoms. The van der Waals surface area contributed by atoms with Crippen LogP contribution in [0.15, 0.2) is 36.4 Å². The van der Waals surface area contributed by atoms with Crippen molar-refractivity contribution in [1.82, 2.24) is 15.3 Å². The van der Waals surface area contributed by atoms with Gasteiger partial charge in [0.05, 0.1) is 44.8 Å². The molecule has 0 fully saturated rings. The molecule has 0 saturated carbocycles. The van der Waals surface area contributed by atoms with Crippen molar-refractivity contribution >= 4 is 28.7 Å². The number of aromatic nitrogens is 2. The zero-order chi connectivity index (χ0) is 21.5. The molecular formula is C22H27N3O4S. The lowest BCUT2D eigenvalue weighted by Crippen LogP contribution is -2.31. The number of carbonyl (C=O) groups excluding carboxylic acids is 1. The van der Waals surface area contributed by atoms with Crippen LogP contribution in [0, 0.1) is 0 Å². The van der Waals surface area contributed by atoms with Crippen molar-refractivity contribution in [3.8, 4) is 17.2 Å². The van der Waals surface area contributed by atoms with E-state index < -0.39 is 0 Å². The van der Waals surface area contributed by atoms with E-state index in [4.69, 9.17) is 14.2 Å². The first-order chi connectivity index (χ1) is 14.6. The summed E-state index contributed by atoms with van der Waals surface area (Å²) in [4.78, 5) is 20.9. The van der Waals surface area contributed by atoms with Crippen LogP contribution < -0.4 is 19.5 Å². The van der Waals surface area contributed by atoms with Gasteiger partial charge in [-0.2, -0.15) is 11.8 Å². The summed E-state index contributed by atoms with van der Waals surface area (Å²) in [6.45, 7) is 0. The molecule has 0 aliphatic rings. The van der Waals surface area contributed by atoms with Crippen molar-refractivity contribution in [1.29, 1.82) is 0 Å². The Balaban J connectivity index is 1.79. The van der Waals surface area contributed by atoms with E-state index in [1.54, 1.807) is 45.2 Å². The van der Waals surface area contributed by atoms with Gasteiger partial charge in [-0.3, -0.25) is 4.79 Å². The Labute approximate surface area is 180 Å². The monoisotopic (exact) mass is 429 g/mol. The highest BCUT2D eigenvalue weighted by Gasteiger charge is 2.20. The van der Waals surface area contributed by atoms with Crippen LogP contribution in [0.1, 0.15) is 23.9 Å². The number of ether oxygens (including phenoxy) is 3. The fourth-order valence-corrected chi connectivity index (χ4v) is 3.79. The van der Waals surface area contributed by atoms with E-state index >= 15 is 0 Å². The number of imidazole rings is 1. The molecule has 30 heavy (non-hydrogen) atoms. The Hall–Kier alpha value is -2.87. The SMILES string of the molecule is COc1cc(CC(=O)N[C@H](CCSC)c2nc3ccccc3[nH]2)cc(OC)c1OC. The van der Waals surface area contributed by atoms with Gasteiger partial charge in [0, 0.05) is 0 Å². The van der Waals surface area contributed by atoms with Crippen LogP contribution in [0.5, 0.6) is 17.2 Å². The minimum atomic E-state index is -0.195. The number of amides is 1. The number of carbonyl (C=O) groups is 1. The highest BCUT2D eigenvalue weighted by Crippen LogP contribution is 2.38. The fourth-order valence-electron chi connectivity index (χ4n) is 3.32. The van der Waals surface area contributed by atoms with Crippen LogP contribution in [-0.4, -0.2) is 49.2 Å². The van der Waals surface area contributed by atoms with Crippen LogP contribution >= 0.6 is 11.8 Å². The summed E-state index contributed by atoms with van der Waals surface area (Å²) in [5.74, 6) is 3.13. The Bertz CT molecular complexity index is 947. The summed E-state index contributed by atoms with van der Waals surface area (Å²) in [5, 5.41) is 3.12. The van der Waals surface area contributed by atoms with Gasteiger partial charge in [0.2, 0.25) is 11.7 Å². The summed E-state index contributed by atoms with van der Waals surface area (Å²) in [6.07, 6.45) is 3.02.